The molecule has 0 bridgehead atoms. The number of ether oxygens (including phenoxy) is 2. The van der Waals surface area contributed by atoms with Crippen LogP contribution in [0.3, 0.4) is 0 Å². The summed E-state index contributed by atoms with van der Waals surface area (Å²) in [4.78, 5) is 11.1. The number of hydrogen-bond donors (Lipinski definition) is 1. The molecule has 3 rings (SSSR count). The summed E-state index contributed by atoms with van der Waals surface area (Å²) in [5.41, 5.74) is 1.25. The van der Waals surface area contributed by atoms with Crippen LogP contribution in [0.15, 0.2) is 30.5 Å². The lowest BCUT2D eigenvalue weighted by atomic mass is 10.2. The molecular formula is C13H10INO4. The van der Waals surface area contributed by atoms with E-state index in [4.69, 9.17) is 14.6 Å². The average molecular weight is 371 g/mol. The first-order chi connectivity index (χ1) is 9.13. The Kier molecular flexibility index (Phi) is 3.09. The second-order valence-electron chi connectivity index (χ2n) is 4.16. The Morgan fingerprint density at radius 2 is 2.11 bits per heavy atom. The molecule has 0 atom stereocenters. The zero-order valence-corrected chi connectivity index (χ0v) is 12.0. The van der Waals surface area contributed by atoms with E-state index >= 15 is 0 Å². The zero-order chi connectivity index (χ0) is 13.4. The first-order valence-corrected chi connectivity index (χ1v) is 6.69. The third-order valence-corrected chi connectivity index (χ3v) is 3.46. The Hall–Kier alpha value is -1.70. The molecule has 2 aromatic rings. The van der Waals surface area contributed by atoms with Gasteiger partial charge in [-0.15, -0.1) is 0 Å². The highest BCUT2D eigenvalue weighted by Gasteiger charge is 2.15. The summed E-state index contributed by atoms with van der Waals surface area (Å²) < 4.78 is 13.2. The molecule has 1 aliphatic heterocycles. The lowest BCUT2D eigenvalue weighted by Gasteiger charge is -2.07. The third kappa shape index (κ3) is 2.40. The minimum absolute atomic E-state index is 0.237. The van der Waals surface area contributed by atoms with Gasteiger partial charge in [0.15, 0.2) is 11.5 Å². The largest absolute Gasteiger partial charge is 0.477 e. The average Bonchev–Trinajstić information content (AvgIpc) is 2.95. The molecule has 0 radical (unpaired) electrons. The molecule has 1 aromatic carbocycles. The first kappa shape index (κ1) is 12.3. The number of fused-ring (bicyclic) bond motifs is 1. The lowest BCUT2D eigenvalue weighted by molar-refractivity contribution is 0.0685. The molecule has 0 saturated carbocycles. The maximum atomic E-state index is 11.1. The Balaban J connectivity index is 1.91. The summed E-state index contributed by atoms with van der Waals surface area (Å²) in [6.07, 6.45) is 1.81. The van der Waals surface area contributed by atoms with E-state index in [-0.39, 0.29) is 12.5 Å². The molecular weight excluding hydrogens is 361 g/mol. The van der Waals surface area contributed by atoms with Crippen LogP contribution >= 0.6 is 22.6 Å². The van der Waals surface area contributed by atoms with Crippen LogP contribution in [-0.4, -0.2) is 22.4 Å². The molecule has 1 N–H and O–H groups in total. The summed E-state index contributed by atoms with van der Waals surface area (Å²) in [6, 6.07) is 7.27. The molecule has 98 valence electrons. The van der Waals surface area contributed by atoms with Crippen LogP contribution in [0.5, 0.6) is 11.5 Å². The number of carbonyl (C=O) groups is 1. The normalized spacial score (nSPS) is 12.7. The Morgan fingerprint density at radius 1 is 1.32 bits per heavy atom. The van der Waals surface area contributed by atoms with Crippen molar-refractivity contribution in [2.75, 3.05) is 6.79 Å². The zero-order valence-electron chi connectivity index (χ0n) is 9.80. The van der Waals surface area contributed by atoms with E-state index in [0.29, 0.717) is 12.3 Å². The molecule has 6 heteroatoms. The van der Waals surface area contributed by atoms with Crippen molar-refractivity contribution in [2.24, 2.45) is 0 Å². The SMILES string of the molecule is O=C(O)c1cc(I)cn1Cc1ccc2c(c1)OCO2. The monoisotopic (exact) mass is 371 g/mol. The second kappa shape index (κ2) is 4.76. The van der Waals surface area contributed by atoms with Gasteiger partial charge >= 0.3 is 5.97 Å². The predicted octanol–water partition coefficient (Wildman–Crippen LogP) is 2.57. The molecule has 0 amide bonds. The van der Waals surface area contributed by atoms with Crippen LogP contribution in [-0.2, 0) is 6.54 Å². The minimum Gasteiger partial charge on any atom is -0.477 e. The first-order valence-electron chi connectivity index (χ1n) is 5.61. The van der Waals surface area contributed by atoms with Gasteiger partial charge in [-0.2, -0.15) is 0 Å². The summed E-state index contributed by atoms with van der Waals surface area (Å²) in [5, 5.41) is 9.14. The van der Waals surface area contributed by atoms with Gasteiger partial charge in [0.05, 0.1) is 0 Å². The fourth-order valence-corrected chi connectivity index (χ4v) is 2.65. The fraction of sp³-hybridized carbons (Fsp3) is 0.154. The molecule has 0 saturated heterocycles. The van der Waals surface area contributed by atoms with Gasteiger partial charge in [0, 0.05) is 16.3 Å². The number of rotatable bonds is 3. The van der Waals surface area contributed by atoms with Gasteiger partial charge in [0.25, 0.3) is 0 Å². The number of aromatic carboxylic acids is 1. The maximum Gasteiger partial charge on any atom is 0.352 e. The van der Waals surface area contributed by atoms with Crippen LogP contribution in [0.4, 0.5) is 0 Å². The molecule has 2 heterocycles. The standard InChI is InChI=1S/C13H10INO4/c14-9-4-10(13(16)17)15(6-9)5-8-1-2-11-12(3-8)19-7-18-11/h1-4,6H,5,7H2,(H,16,17). The van der Waals surface area contributed by atoms with E-state index < -0.39 is 5.97 Å². The van der Waals surface area contributed by atoms with E-state index in [1.165, 1.54) is 0 Å². The molecule has 5 nitrogen and oxygen atoms in total. The topological polar surface area (TPSA) is 60.7 Å². The highest BCUT2D eigenvalue weighted by Crippen LogP contribution is 2.32. The molecule has 0 fully saturated rings. The van der Waals surface area contributed by atoms with Crippen molar-refractivity contribution in [2.45, 2.75) is 6.54 Å². The van der Waals surface area contributed by atoms with Gasteiger partial charge in [0.1, 0.15) is 5.69 Å². The van der Waals surface area contributed by atoms with Gasteiger partial charge in [-0.05, 0) is 46.4 Å². The molecule has 0 spiro atoms. The van der Waals surface area contributed by atoms with Crippen LogP contribution in [0.25, 0.3) is 0 Å². The van der Waals surface area contributed by atoms with Gasteiger partial charge in [-0.1, -0.05) is 6.07 Å². The second-order valence-corrected chi connectivity index (χ2v) is 5.41. The fourth-order valence-electron chi connectivity index (χ4n) is 2.02. The van der Waals surface area contributed by atoms with Crippen LogP contribution < -0.4 is 9.47 Å². The number of carboxylic acid groups (broad SMARTS) is 1. The quantitative estimate of drug-likeness (QED) is 0.843. The summed E-state index contributed by atoms with van der Waals surface area (Å²) in [6.45, 7) is 0.724. The van der Waals surface area contributed by atoms with Crippen molar-refractivity contribution >= 4 is 28.6 Å². The maximum absolute atomic E-state index is 11.1. The van der Waals surface area contributed by atoms with Crippen LogP contribution in [0.1, 0.15) is 16.1 Å². The number of aromatic nitrogens is 1. The molecule has 1 aromatic heterocycles. The Bertz CT molecular complexity index is 650. The van der Waals surface area contributed by atoms with Crippen molar-refractivity contribution in [1.29, 1.82) is 0 Å². The van der Waals surface area contributed by atoms with E-state index in [9.17, 15) is 4.79 Å². The number of carboxylic acids is 1. The van der Waals surface area contributed by atoms with E-state index in [0.717, 1.165) is 14.9 Å². The molecule has 19 heavy (non-hydrogen) atoms. The number of hydrogen-bond acceptors (Lipinski definition) is 3. The summed E-state index contributed by atoms with van der Waals surface area (Å²) >= 11 is 2.10. The van der Waals surface area contributed by atoms with Gasteiger partial charge < -0.3 is 19.1 Å². The molecule has 0 aliphatic carbocycles. The number of nitrogens with zero attached hydrogens (tertiary/aromatic N) is 1. The molecule has 0 unspecified atom stereocenters. The minimum atomic E-state index is -0.927. The van der Waals surface area contributed by atoms with Crippen molar-refractivity contribution in [3.05, 3.63) is 45.3 Å². The van der Waals surface area contributed by atoms with Crippen molar-refractivity contribution in [3.8, 4) is 11.5 Å². The van der Waals surface area contributed by atoms with Crippen LogP contribution in [0.2, 0.25) is 0 Å². The number of benzene rings is 1. The number of halogens is 1. The van der Waals surface area contributed by atoms with Crippen LogP contribution in [0, 0.1) is 3.57 Å². The lowest BCUT2D eigenvalue weighted by Crippen LogP contribution is -2.08. The van der Waals surface area contributed by atoms with Crippen molar-refractivity contribution in [3.63, 3.8) is 0 Å². The highest BCUT2D eigenvalue weighted by molar-refractivity contribution is 14.1. The van der Waals surface area contributed by atoms with E-state index in [2.05, 4.69) is 22.6 Å². The predicted molar refractivity (Wildman–Crippen MR) is 75.8 cm³/mol. The van der Waals surface area contributed by atoms with E-state index in [1.54, 1.807) is 10.6 Å². The van der Waals surface area contributed by atoms with Crippen molar-refractivity contribution in [1.82, 2.24) is 4.57 Å². The van der Waals surface area contributed by atoms with Gasteiger partial charge in [0.2, 0.25) is 6.79 Å². The van der Waals surface area contributed by atoms with Gasteiger partial charge in [-0.25, -0.2) is 4.79 Å². The Morgan fingerprint density at radius 3 is 2.89 bits per heavy atom. The summed E-state index contributed by atoms with van der Waals surface area (Å²) in [7, 11) is 0. The molecule has 1 aliphatic rings. The Labute approximate surface area is 122 Å². The van der Waals surface area contributed by atoms with Gasteiger partial charge in [-0.3, -0.25) is 0 Å². The smallest absolute Gasteiger partial charge is 0.352 e. The van der Waals surface area contributed by atoms with Crippen molar-refractivity contribution < 1.29 is 19.4 Å². The highest BCUT2D eigenvalue weighted by atomic mass is 127. The third-order valence-electron chi connectivity index (χ3n) is 2.87. The van der Waals surface area contributed by atoms with E-state index in [1.807, 2.05) is 24.4 Å². The summed E-state index contributed by atoms with van der Waals surface area (Å²) in [5.74, 6) is 0.504.